The van der Waals surface area contributed by atoms with Gasteiger partial charge in [0, 0.05) is 55.9 Å². The first kappa shape index (κ1) is 24.4. The van der Waals surface area contributed by atoms with Gasteiger partial charge < -0.3 is 14.8 Å². The Hall–Kier alpha value is -2.27. The van der Waals surface area contributed by atoms with Crippen molar-refractivity contribution in [3.63, 3.8) is 0 Å². The third kappa shape index (κ3) is 6.61. The Bertz CT molecular complexity index is 1020. The van der Waals surface area contributed by atoms with Crippen LogP contribution in [-0.4, -0.2) is 64.6 Å². The number of carbonyl (C=O) groups is 1. The highest BCUT2D eigenvalue weighted by molar-refractivity contribution is 7.99. The fourth-order valence-electron chi connectivity index (χ4n) is 3.36. The largest absolute Gasteiger partial charge is 0.493 e. The van der Waals surface area contributed by atoms with Crippen molar-refractivity contribution in [1.82, 2.24) is 9.62 Å². The molecule has 1 amide bonds. The molecule has 0 aromatic heterocycles. The molecule has 8 nitrogen and oxygen atoms in total. The minimum Gasteiger partial charge on any atom is -0.493 e. The monoisotopic (exact) mass is 479 g/mol. The number of anilines is 1. The van der Waals surface area contributed by atoms with Crippen LogP contribution in [0.15, 0.2) is 47.4 Å². The number of carbonyl (C=O) groups excluding carboxylic acids is 1. The second-order valence-electron chi connectivity index (χ2n) is 7.26. The van der Waals surface area contributed by atoms with Crippen LogP contribution >= 0.6 is 11.8 Å². The standard InChI is InChI=1S/C22H29N3O5S2/c1-29-20-8-7-18(15-21(20)30-2)32(27,28)23-10-9-22(26)24-19-6-4-3-5-17(19)16-25-11-13-31-14-12-25/h3-8,15,23H,9-14,16H2,1-2H3,(H,24,26). The number of hydrogen-bond acceptors (Lipinski definition) is 7. The van der Waals surface area contributed by atoms with Crippen molar-refractivity contribution in [2.45, 2.75) is 17.9 Å². The summed E-state index contributed by atoms with van der Waals surface area (Å²) in [6.45, 7) is 2.83. The topological polar surface area (TPSA) is 97.0 Å². The maximum atomic E-state index is 12.6. The lowest BCUT2D eigenvalue weighted by atomic mass is 10.1. The Morgan fingerprint density at radius 1 is 1.06 bits per heavy atom. The van der Waals surface area contributed by atoms with Gasteiger partial charge in [0.15, 0.2) is 11.5 Å². The van der Waals surface area contributed by atoms with Gasteiger partial charge in [-0.1, -0.05) is 18.2 Å². The lowest BCUT2D eigenvalue weighted by molar-refractivity contribution is -0.116. The van der Waals surface area contributed by atoms with Gasteiger partial charge in [-0.05, 0) is 23.8 Å². The molecule has 1 aliphatic rings. The highest BCUT2D eigenvalue weighted by atomic mass is 32.2. The number of thioether (sulfide) groups is 1. The molecule has 0 spiro atoms. The second-order valence-corrected chi connectivity index (χ2v) is 10.3. The predicted octanol–water partition coefficient (Wildman–Crippen LogP) is 2.56. The SMILES string of the molecule is COc1ccc(S(=O)(=O)NCCC(=O)Nc2ccccc2CN2CCSCC2)cc1OC. The maximum absolute atomic E-state index is 12.6. The van der Waals surface area contributed by atoms with Crippen molar-refractivity contribution in [3.8, 4) is 11.5 Å². The summed E-state index contributed by atoms with van der Waals surface area (Å²) in [5.41, 5.74) is 1.82. The number of amides is 1. The predicted molar refractivity (Wildman–Crippen MR) is 127 cm³/mol. The number of methoxy groups -OCH3 is 2. The number of ether oxygens (including phenoxy) is 2. The van der Waals surface area contributed by atoms with E-state index in [4.69, 9.17) is 9.47 Å². The number of nitrogens with zero attached hydrogens (tertiary/aromatic N) is 1. The molecule has 1 fully saturated rings. The van der Waals surface area contributed by atoms with E-state index in [9.17, 15) is 13.2 Å². The average molecular weight is 480 g/mol. The van der Waals surface area contributed by atoms with E-state index in [1.807, 2.05) is 36.0 Å². The zero-order chi connectivity index (χ0) is 23.0. The number of nitrogens with one attached hydrogen (secondary N) is 2. The van der Waals surface area contributed by atoms with Crippen LogP contribution in [0.5, 0.6) is 11.5 Å². The molecule has 0 atom stereocenters. The summed E-state index contributed by atoms with van der Waals surface area (Å²) < 4.78 is 37.9. The normalized spacial score (nSPS) is 14.7. The van der Waals surface area contributed by atoms with Crippen LogP contribution in [0.4, 0.5) is 5.69 Å². The Labute approximate surface area is 193 Å². The summed E-state index contributed by atoms with van der Waals surface area (Å²) >= 11 is 1.96. The minimum atomic E-state index is -3.79. The second kappa shape index (κ2) is 11.6. The summed E-state index contributed by atoms with van der Waals surface area (Å²) in [5.74, 6) is 2.75. The van der Waals surface area contributed by atoms with Crippen LogP contribution in [0, 0.1) is 0 Å². The molecule has 0 aliphatic carbocycles. The van der Waals surface area contributed by atoms with E-state index in [0.717, 1.165) is 42.4 Å². The van der Waals surface area contributed by atoms with Gasteiger partial charge in [0.05, 0.1) is 19.1 Å². The Morgan fingerprint density at radius 2 is 1.78 bits per heavy atom. The van der Waals surface area contributed by atoms with Crippen LogP contribution < -0.4 is 19.5 Å². The van der Waals surface area contributed by atoms with Crippen molar-refractivity contribution in [3.05, 3.63) is 48.0 Å². The van der Waals surface area contributed by atoms with Crippen molar-refractivity contribution in [2.75, 3.05) is 50.7 Å². The highest BCUT2D eigenvalue weighted by Gasteiger charge is 2.18. The van der Waals surface area contributed by atoms with E-state index < -0.39 is 10.0 Å². The molecule has 1 saturated heterocycles. The van der Waals surface area contributed by atoms with Gasteiger partial charge in [0.1, 0.15) is 0 Å². The van der Waals surface area contributed by atoms with E-state index in [2.05, 4.69) is 14.9 Å². The molecule has 0 radical (unpaired) electrons. The molecule has 174 valence electrons. The number of hydrogen-bond donors (Lipinski definition) is 2. The van der Waals surface area contributed by atoms with Gasteiger partial charge in [0.25, 0.3) is 0 Å². The van der Waals surface area contributed by atoms with E-state index >= 15 is 0 Å². The summed E-state index contributed by atoms with van der Waals surface area (Å²) in [6.07, 6.45) is 0.0151. The third-order valence-corrected chi connectivity index (χ3v) is 7.50. The van der Waals surface area contributed by atoms with E-state index in [1.165, 1.54) is 32.4 Å². The summed E-state index contributed by atoms with van der Waals surface area (Å²) in [6, 6.07) is 12.1. The van der Waals surface area contributed by atoms with Gasteiger partial charge in [-0.2, -0.15) is 11.8 Å². The van der Waals surface area contributed by atoms with Crippen LogP contribution in [0.2, 0.25) is 0 Å². The zero-order valence-corrected chi connectivity index (χ0v) is 19.9. The zero-order valence-electron chi connectivity index (χ0n) is 18.3. The molecular formula is C22H29N3O5S2. The van der Waals surface area contributed by atoms with E-state index in [0.29, 0.717) is 11.5 Å². The van der Waals surface area contributed by atoms with Gasteiger partial charge in [-0.25, -0.2) is 13.1 Å². The molecule has 2 aromatic carbocycles. The number of benzene rings is 2. The van der Waals surface area contributed by atoms with Crippen LogP contribution in [0.3, 0.4) is 0 Å². The maximum Gasteiger partial charge on any atom is 0.240 e. The molecule has 0 saturated carbocycles. The quantitative estimate of drug-likeness (QED) is 0.541. The Balaban J connectivity index is 1.55. The van der Waals surface area contributed by atoms with Crippen molar-refractivity contribution in [2.24, 2.45) is 0 Å². The molecule has 2 aromatic rings. The van der Waals surface area contributed by atoms with Crippen LogP contribution in [0.1, 0.15) is 12.0 Å². The Kier molecular flexibility index (Phi) is 8.80. The van der Waals surface area contributed by atoms with Crippen LogP contribution in [-0.2, 0) is 21.4 Å². The number of para-hydroxylation sites is 1. The lowest BCUT2D eigenvalue weighted by Gasteiger charge is -2.27. The fraction of sp³-hybridized carbons (Fsp3) is 0.409. The average Bonchev–Trinajstić information content (AvgIpc) is 2.80. The molecule has 32 heavy (non-hydrogen) atoms. The van der Waals surface area contributed by atoms with E-state index in [1.54, 1.807) is 0 Å². The van der Waals surface area contributed by atoms with E-state index in [-0.39, 0.29) is 23.8 Å². The molecule has 10 heteroatoms. The Morgan fingerprint density at radius 3 is 2.50 bits per heavy atom. The van der Waals surface area contributed by atoms with Crippen LogP contribution in [0.25, 0.3) is 0 Å². The first-order chi connectivity index (χ1) is 15.4. The third-order valence-electron chi connectivity index (χ3n) is 5.10. The fourth-order valence-corrected chi connectivity index (χ4v) is 5.38. The summed E-state index contributed by atoms with van der Waals surface area (Å²) in [7, 11) is -0.871. The lowest BCUT2D eigenvalue weighted by Crippen LogP contribution is -2.32. The number of sulfonamides is 1. The summed E-state index contributed by atoms with van der Waals surface area (Å²) in [5, 5.41) is 2.92. The molecule has 1 aliphatic heterocycles. The molecule has 1 heterocycles. The molecule has 0 unspecified atom stereocenters. The van der Waals surface area contributed by atoms with Crippen molar-refractivity contribution in [1.29, 1.82) is 0 Å². The smallest absolute Gasteiger partial charge is 0.240 e. The first-order valence-electron chi connectivity index (χ1n) is 10.3. The van der Waals surface area contributed by atoms with Crippen molar-refractivity contribution < 1.29 is 22.7 Å². The number of rotatable bonds is 10. The highest BCUT2D eigenvalue weighted by Crippen LogP contribution is 2.29. The van der Waals surface area contributed by atoms with Gasteiger partial charge in [-0.15, -0.1) is 0 Å². The first-order valence-corrected chi connectivity index (χ1v) is 13.0. The minimum absolute atomic E-state index is 0.0151. The molecular weight excluding hydrogens is 450 g/mol. The molecule has 0 bridgehead atoms. The van der Waals surface area contributed by atoms with Gasteiger partial charge in [-0.3, -0.25) is 9.69 Å². The molecule has 2 N–H and O–H groups in total. The summed E-state index contributed by atoms with van der Waals surface area (Å²) in [4.78, 5) is 14.9. The van der Waals surface area contributed by atoms with Gasteiger partial charge in [0.2, 0.25) is 15.9 Å². The van der Waals surface area contributed by atoms with Crippen molar-refractivity contribution >= 4 is 33.4 Å². The van der Waals surface area contributed by atoms with Gasteiger partial charge >= 0.3 is 0 Å². The molecule has 3 rings (SSSR count).